The molecule has 474 valence electrons. The Morgan fingerprint density at radius 1 is 0.266 bits per heavy atom. The largest absolute Gasteiger partial charge is 0.481 e. The van der Waals surface area contributed by atoms with Crippen LogP contribution in [0.1, 0.15) is 402 Å². The Balaban J connectivity index is -0.00000113. The molecule has 0 aromatic rings. The van der Waals surface area contributed by atoms with E-state index in [0.717, 1.165) is 25.7 Å². The van der Waals surface area contributed by atoms with Crippen LogP contribution in [0.4, 0.5) is 0 Å². The lowest BCUT2D eigenvalue weighted by molar-refractivity contribution is -0.929. The van der Waals surface area contributed by atoms with Crippen molar-refractivity contribution < 1.29 is 18.9 Å². The lowest BCUT2D eigenvalue weighted by atomic mass is 10.0. The number of hydrogen-bond donors (Lipinski definition) is 1. The number of carbonyl (C=O) groups is 1. The fourth-order valence-corrected chi connectivity index (χ4v) is 11.8. The van der Waals surface area contributed by atoms with Crippen LogP contribution >= 0.6 is 0 Å². The summed E-state index contributed by atoms with van der Waals surface area (Å²) in [5, 5.41) is 8.50. The van der Waals surface area contributed by atoms with Crippen LogP contribution in [-0.2, 0) is 4.79 Å². The number of carboxylic acid groups (broad SMARTS) is 1. The quantitative estimate of drug-likeness (QED) is 0.0374. The summed E-state index contributed by atoms with van der Waals surface area (Å²) >= 11 is 0. The van der Waals surface area contributed by atoms with E-state index in [1.807, 2.05) is 0 Å². The van der Waals surface area contributed by atoms with Crippen LogP contribution in [-0.4, -0.2) is 72.9 Å². The predicted octanol–water partition coefficient (Wildman–Crippen LogP) is 25.6. The molecule has 0 saturated heterocycles. The van der Waals surface area contributed by atoms with Crippen LogP contribution < -0.4 is 0 Å². The molecule has 0 saturated carbocycles. The maximum absolute atomic E-state index is 10.3. The van der Waals surface area contributed by atoms with E-state index < -0.39 is 5.97 Å². The highest BCUT2D eigenvalue weighted by atomic mass is 16.4. The van der Waals surface area contributed by atoms with Crippen molar-refractivity contribution in [3.05, 3.63) is 24.3 Å². The minimum atomic E-state index is -0.671. The van der Waals surface area contributed by atoms with Gasteiger partial charge in [0.15, 0.2) is 0 Å². The van der Waals surface area contributed by atoms with E-state index in [1.165, 1.54) is 369 Å². The lowest BCUT2D eigenvalue weighted by Crippen LogP contribution is -2.50. The summed E-state index contributed by atoms with van der Waals surface area (Å²) in [6.07, 6.45) is 82.9. The van der Waals surface area contributed by atoms with Crippen molar-refractivity contribution in [2.45, 2.75) is 402 Å². The normalized spacial score (nSPS) is 11.9. The number of aliphatic carboxylic acids is 1. The Morgan fingerprint density at radius 3 is 0.734 bits per heavy atom. The summed E-state index contributed by atoms with van der Waals surface area (Å²) in [4.78, 5) is 10.3. The van der Waals surface area contributed by atoms with E-state index in [0.29, 0.717) is 6.42 Å². The zero-order valence-corrected chi connectivity index (χ0v) is 56.7. The van der Waals surface area contributed by atoms with Gasteiger partial charge in [0, 0.05) is 6.42 Å². The van der Waals surface area contributed by atoms with Gasteiger partial charge in [0.1, 0.15) is 0 Å². The van der Waals surface area contributed by atoms with Gasteiger partial charge < -0.3 is 14.1 Å². The van der Waals surface area contributed by atoms with Crippen molar-refractivity contribution in [2.75, 3.05) is 52.9 Å². The fourth-order valence-electron chi connectivity index (χ4n) is 11.8. The minimum absolute atomic E-state index is 0.324. The third-order valence-electron chi connectivity index (χ3n) is 17.4. The SMILES string of the molecule is CCCCC/C=C\C/C=C\CCCCCCCC(=O)O.CCCCCCCC[N+](C)(CCCCCCCC)CCCCCCCC.CCCCCCCC[N+](CCCCCCCC)(CCCCCCCC)CCCCCCCC. The molecule has 0 rings (SSSR count). The van der Waals surface area contributed by atoms with Gasteiger partial charge in [0.05, 0.1) is 52.9 Å². The van der Waals surface area contributed by atoms with Crippen LogP contribution in [0.15, 0.2) is 24.3 Å². The summed E-state index contributed by atoms with van der Waals surface area (Å²) in [7, 11) is 2.56. The van der Waals surface area contributed by atoms with E-state index in [4.69, 9.17) is 5.11 Å². The molecule has 0 unspecified atom stereocenters. The molecule has 1 N–H and O–H groups in total. The molecule has 79 heavy (non-hydrogen) atoms. The van der Waals surface area contributed by atoms with E-state index in [1.54, 1.807) is 0 Å². The maximum Gasteiger partial charge on any atom is 0.303 e. The van der Waals surface area contributed by atoms with E-state index >= 15 is 0 Å². The van der Waals surface area contributed by atoms with Crippen LogP contribution in [0.25, 0.3) is 0 Å². The van der Waals surface area contributed by atoms with E-state index in [-0.39, 0.29) is 0 Å². The molecule has 0 aromatic carbocycles. The fraction of sp³-hybridized carbons (Fsp3) is 0.933. The Hall–Kier alpha value is -1.13. The highest BCUT2D eigenvalue weighted by Crippen LogP contribution is 2.22. The van der Waals surface area contributed by atoms with Gasteiger partial charge in [-0.1, -0.05) is 292 Å². The average Bonchev–Trinajstić information content (AvgIpc) is 3.45. The summed E-state index contributed by atoms with van der Waals surface area (Å²) in [6.45, 7) is 28.7. The summed E-state index contributed by atoms with van der Waals surface area (Å²) in [5.41, 5.74) is 0. The van der Waals surface area contributed by atoms with Crippen LogP contribution in [0.5, 0.6) is 0 Å². The number of nitrogens with zero attached hydrogens (tertiary/aromatic N) is 2. The first-order valence-electron chi connectivity index (χ1n) is 36.9. The molecule has 4 heteroatoms. The minimum Gasteiger partial charge on any atom is -0.481 e. The van der Waals surface area contributed by atoms with Crippen molar-refractivity contribution in [2.24, 2.45) is 0 Å². The molecule has 0 bridgehead atoms. The van der Waals surface area contributed by atoms with Gasteiger partial charge >= 0.3 is 5.97 Å². The highest BCUT2D eigenvalue weighted by molar-refractivity contribution is 5.66. The molecule has 0 aliphatic carbocycles. The van der Waals surface area contributed by atoms with Crippen molar-refractivity contribution in [3.63, 3.8) is 0 Å². The summed E-state index contributed by atoms with van der Waals surface area (Å²) in [5.74, 6) is -0.671. The second-order valence-corrected chi connectivity index (χ2v) is 25.8. The second kappa shape index (κ2) is 71.1. The van der Waals surface area contributed by atoms with Crippen molar-refractivity contribution in [1.29, 1.82) is 0 Å². The van der Waals surface area contributed by atoms with Crippen LogP contribution in [0.2, 0.25) is 0 Å². The van der Waals surface area contributed by atoms with E-state index in [2.05, 4.69) is 86.7 Å². The number of carboxylic acids is 1. The van der Waals surface area contributed by atoms with Crippen LogP contribution in [0.3, 0.4) is 0 Å². The highest BCUT2D eigenvalue weighted by Gasteiger charge is 2.26. The standard InChI is InChI=1S/C32H68N.C25H54N.C18H32O2/c1-5-9-13-17-21-25-29-33(30-26-22-18-14-10-6-2,31-27-23-19-15-11-7-3)32-28-24-20-16-12-8-4;1-5-8-11-14-17-20-23-26(4,24-21-18-15-12-9-6-2)25-22-19-16-13-10-7-3;1-2-3-4-5-6-7-8-9-10-11-12-13-14-15-16-17-18(19)20/h5-32H2,1-4H3;5-25H2,1-4H3;6-7,9-10H,2-5,8,11-17H2,1H3,(H,19,20)/q2*+1;/b;;7-6-,10-9-. The smallest absolute Gasteiger partial charge is 0.303 e. The first kappa shape index (κ1) is 82.1. The molecule has 0 radical (unpaired) electrons. The molecule has 0 aliphatic rings. The Kier molecular flexibility index (Phi) is 73.9. The van der Waals surface area contributed by atoms with Gasteiger partial charge in [-0.25, -0.2) is 0 Å². The zero-order chi connectivity index (χ0) is 58.5. The predicted molar refractivity (Wildman–Crippen MR) is 361 cm³/mol. The molecular weight excluding hydrogens is 961 g/mol. The Morgan fingerprint density at radius 2 is 0.468 bits per heavy atom. The Bertz CT molecular complexity index is 1050. The van der Waals surface area contributed by atoms with Crippen molar-refractivity contribution >= 4 is 5.97 Å². The number of unbranched alkanes of at least 4 members (excludes halogenated alkanes) is 43. The molecule has 0 fully saturated rings. The molecule has 0 heterocycles. The summed E-state index contributed by atoms with van der Waals surface area (Å²) < 4.78 is 2.83. The maximum atomic E-state index is 10.3. The number of rotatable bonds is 63. The molecule has 0 atom stereocenters. The average molecular weight is 1120 g/mol. The third kappa shape index (κ3) is 69.3. The van der Waals surface area contributed by atoms with Gasteiger partial charge in [-0.05, 0) is 128 Å². The van der Waals surface area contributed by atoms with Crippen molar-refractivity contribution in [1.82, 2.24) is 0 Å². The second-order valence-electron chi connectivity index (χ2n) is 25.8. The van der Waals surface area contributed by atoms with Gasteiger partial charge in [-0.3, -0.25) is 4.79 Å². The monoisotopic (exact) mass is 1120 g/mol. The number of hydrogen-bond acceptors (Lipinski definition) is 1. The topological polar surface area (TPSA) is 37.3 Å². The molecule has 0 spiro atoms. The molecule has 0 aliphatic heterocycles. The molecular formula is C75H154N2O2+2. The zero-order valence-electron chi connectivity index (χ0n) is 56.7. The first-order valence-corrected chi connectivity index (χ1v) is 36.9. The summed E-state index contributed by atoms with van der Waals surface area (Å²) in [6, 6.07) is 0. The van der Waals surface area contributed by atoms with E-state index in [9.17, 15) is 4.79 Å². The molecule has 4 nitrogen and oxygen atoms in total. The molecule has 0 amide bonds. The Labute approximate surface area is 501 Å². The third-order valence-corrected chi connectivity index (χ3v) is 17.4. The number of quaternary nitrogens is 2. The van der Waals surface area contributed by atoms with Gasteiger partial charge in [0.2, 0.25) is 0 Å². The van der Waals surface area contributed by atoms with Crippen molar-refractivity contribution in [3.8, 4) is 0 Å². The first-order chi connectivity index (χ1) is 38.7. The molecule has 0 aromatic heterocycles. The van der Waals surface area contributed by atoms with Gasteiger partial charge in [0.25, 0.3) is 0 Å². The number of allylic oxidation sites excluding steroid dienone is 4. The lowest BCUT2D eigenvalue weighted by Gasteiger charge is -2.40. The van der Waals surface area contributed by atoms with Gasteiger partial charge in [-0.2, -0.15) is 0 Å². The van der Waals surface area contributed by atoms with Gasteiger partial charge in [-0.15, -0.1) is 0 Å². The van der Waals surface area contributed by atoms with Crippen LogP contribution in [0, 0.1) is 0 Å².